The Kier molecular flexibility index (Phi) is 7.12. The van der Waals surface area contributed by atoms with Gasteiger partial charge in [-0.25, -0.2) is 4.68 Å². The van der Waals surface area contributed by atoms with E-state index < -0.39 is 6.04 Å². The molecule has 4 heterocycles. The number of fused-ring (bicyclic) bond motifs is 1. The van der Waals surface area contributed by atoms with E-state index in [1.807, 2.05) is 28.9 Å². The molecule has 2 atom stereocenters. The molecule has 1 saturated heterocycles. The molecule has 1 aromatic carbocycles. The number of benzene rings is 1. The van der Waals surface area contributed by atoms with Gasteiger partial charge in [0.2, 0.25) is 0 Å². The van der Waals surface area contributed by atoms with Crippen molar-refractivity contribution in [3.63, 3.8) is 0 Å². The third-order valence-corrected chi connectivity index (χ3v) is 8.23. The zero-order valence-electron chi connectivity index (χ0n) is 22.2. The molecule has 0 bridgehead atoms. The van der Waals surface area contributed by atoms with Crippen LogP contribution in [0, 0.1) is 13.8 Å². The fraction of sp³-hybridized carbons (Fsp3) is 0.517. The van der Waals surface area contributed by atoms with Gasteiger partial charge in [-0.05, 0) is 96.8 Å². The Bertz CT molecular complexity index is 1430. The minimum Gasteiger partial charge on any atom is -0.468 e. The van der Waals surface area contributed by atoms with Crippen LogP contribution in [0.2, 0.25) is 0 Å². The van der Waals surface area contributed by atoms with Gasteiger partial charge in [-0.1, -0.05) is 19.3 Å². The molecule has 0 unspecified atom stereocenters. The highest BCUT2D eigenvalue weighted by Gasteiger charge is 2.35. The molecule has 1 aliphatic carbocycles. The molecule has 0 radical (unpaired) electrons. The van der Waals surface area contributed by atoms with Crippen molar-refractivity contribution in [1.29, 1.82) is 0 Å². The molecule has 1 saturated carbocycles. The summed E-state index contributed by atoms with van der Waals surface area (Å²) in [6, 6.07) is 9.85. The number of nitrogens with one attached hydrogen (secondary N) is 1. The first kappa shape index (κ1) is 25.0. The maximum atomic E-state index is 13.8. The van der Waals surface area contributed by atoms with Gasteiger partial charge in [0.1, 0.15) is 11.8 Å². The van der Waals surface area contributed by atoms with Gasteiger partial charge in [-0.15, -0.1) is 5.10 Å². The van der Waals surface area contributed by atoms with E-state index in [2.05, 4.69) is 45.3 Å². The largest absolute Gasteiger partial charge is 0.468 e. The lowest BCUT2D eigenvalue weighted by Crippen LogP contribution is -2.39. The topological polar surface area (TPSA) is 102 Å². The Hall–Kier alpha value is -3.30. The number of rotatable bonds is 8. The molecule has 2 fully saturated rings. The minimum atomic E-state index is -0.462. The van der Waals surface area contributed by atoms with Crippen LogP contribution >= 0.6 is 0 Å². The number of pyridine rings is 1. The van der Waals surface area contributed by atoms with Crippen molar-refractivity contribution in [3.05, 3.63) is 75.2 Å². The van der Waals surface area contributed by atoms with E-state index in [-0.39, 0.29) is 17.7 Å². The lowest BCUT2D eigenvalue weighted by molar-refractivity contribution is 0.0539. The van der Waals surface area contributed by atoms with E-state index in [0.29, 0.717) is 24.5 Å². The second-order valence-corrected chi connectivity index (χ2v) is 10.9. The SMILES string of the molecule is Cc1cc2cc([C@H](c3nnnn3C3CCCCC3)N(Cc3ccco3)C[C@@H]3CCCO3)c(=O)[nH]c2cc1C. The molecular weight excluding hydrogens is 480 g/mol. The van der Waals surface area contributed by atoms with Gasteiger partial charge in [-0.3, -0.25) is 9.69 Å². The zero-order valence-corrected chi connectivity index (χ0v) is 22.2. The number of aryl methyl sites for hydroxylation is 2. The summed E-state index contributed by atoms with van der Waals surface area (Å²) in [5.41, 5.74) is 3.68. The molecule has 38 heavy (non-hydrogen) atoms. The van der Waals surface area contributed by atoms with Gasteiger partial charge in [0.25, 0.3) is 5.56 Å². The Balaban J connectivity index is 1.51. The van der Waals surface area contributed by atoms with Crippen molar-refractivity contribution in [1.82, 2.24) is 30.1 Å². The Morgan fingerprint density at radius 2 is 1.95 bits per heavy atom. The quantitative estimate of drug-likeness (QED) is 0.352. The number of hydrogen-bond donors (Lipinski definition) is 1. The predicted octanol–water partition coefficient (Wildman–Crippen LogP) is 5.00. The number of tetrazole rings is 1. The smallest absolute Gasteiger partial charge is 0.253 e. The highest BCUT2D eigenvalue weighted by atomic mass is 16.5. The van der Waals surface area contributed by atoms with Crippen LogP contribution in [0.3, 0.4) is 0 Å². The molecule has 1 aliphatic heterocycles. The Morgan fingerprint density at radius 1 is 1.11 bits per heavy atom. The number of aromatic amines is 1. The number of H-pyrrole nitrogens is 1. The summed E-state index contributed by atoms with van der Waals surface area (Å²) in [5.74, 6) is 1.53. The van der Waals surface area contributed by atoms with E-state index in [1.54, 1.807) is 6.26 Å². The summed E-state index contributed by atoms with van der Waals surface area (Å²) in [5, 5.41) is 14.2. The predicted molar refractivity (Wildman–Crippen MR) is 144 cm³/mol. The standard InChI is InChI=1S/C29H36N6O3/c1-19-14-21-16-25(29(36)30-26(21)15-20(19)2)27(28-31-32-33-35(28)22-8-4-3-5-9-22)34(17-23-10-6-12-37-23)18-24-11-7-13-38-24/h6,10,12,14-16,22,24,27H,3-5,7-9,11,13,17-18H2,1-2H3,(H,30,36)/t24-,27+/m0/s1. The van der Waals surface area contributed by atoms with Gasteiger partial charge in [-0.2, -0.15) is 0 Å². The maximum Gasteiger partial charge on any atom is 0.253 e. The van der Waals surface area contributed by atoms with Gasteiger partial charge < -0.3 is 14.1 Å². The zero-order chi connectivity index (χ0) is 26.1. The Morgan fingerprint density at radius 3 is 2.71 bits per heavy atom. The number of nitrogens with zero attached hydrogens (tertiary/aromatic N) is 5. The summed E-state index contributed by atoms with van der Waals surface area (Å²) in [6.45, 7) is 6.09. The van der Waals surface area contributed by atoms with Crippen LogP contribution in [-0.2, 0) is 11.3 Å². The highest BCUT2D eigenvalue weighted by Crippen LogP contribution is 2.34. The van der Waals surface area contributed by atoms with E-state index in [4.69, 9.17) is 9.15 Å². The molecule has 1 N–H and O–H groups in total. The van der Waals surface area contributed by atoms with E-state index >= 15 is 0 Å². The van der Waals surface area contributed by atoms with Crippen LogP contribution in [0.5, 0.6) is 0 Å². The van der Waals surface area contributed by atoms with Crippen LogP contribution < -0.4 is 5.56 Å². The average Bonchev–Trinajstić information content (AvgIpc) is 3.70. The third kappa shape index (κ3) is 5.05. The summed E-state index contributed by atoms with van der Waals surface area (Å²) in [6.07, 6.45) is 9.45. The van der Waals surface area contributed by atoms with E-state index in [9.17, 15) is 4.79 Å². The number of ether oxygens (including phenoxy) is 1. The van der Waals surface area contributed by atoms with Crippen molar-refractivity contribution in [2.24, 2.45) is 0 Å². The van der Waals surface area contributed by atoms with Crippen LogP contribution in [-0.4, -0.2) is 49.3 Å². The van der Waals surface area contributed by atoms with Gasteiger partial charge in [0, 0.05) is 24.2 Å². The van der Waals surface area contributed by atoms with Crippen molar-refractivity contribution < 1.29 is 9.15 Å². The lowest BCUT2D eigenvalue weighted by Gasteiger charge is -2.33. The second kappa shape index (κ2) is 10.8. The van der Waals surface area contributed by atoms with Crippen LogP contribution in [0.25, 0.3) is 10.9 Å². The summed E-state index contributed by atoms with van der Waals surface area (Å²) in [4.78, 5) is 19.2. The first-order chi connectivity index (χ1) is 18.6. The highest BCUT2D eigenvalue weighted by molar-refractivity contribution is 5.81. The molecule has 9 heteroatoms. The molecule has 6 rings (SSSR count). The minimum absolute atomic E-state index is 0.0795. The van der Waals surface area contributed by atoms with Crippen molar-refractivity contribution in [2.75, 3.05) is 13.2 Å². The van der Waals surface area contributed by atoms with Crippen LogP contribution in [0.4, 0.5) is 0 Å². The van der Waals surface area contributed by atoms with Crippen molar-refractivity contribution in [3.8, 4) is 0 Å². The van der Waals surface area contributed by atoms with Gasteiger partial charge >= 0.3 is 0 Å². The lowest BCUT2D eigenvalue weighted by atomic mass is 9.95. The van der Waals surface area contributed by atoms with Crippen molar-refractivity contribution in [2.45, 2.75) is 83.5 Å². The first-order valence-electron chi connectivity index (χ1n) is 13.9. The summed E-state index contributed by atoms with van der Waals surface area (Å²) >= 11 is 0. The van der Waals surface area contributed by atoms with Crippen molar-refractivity contribution >= 4 is 10.9 Å². The molecule has 2 aliphatic rings. The second-order valence-electron chi connectivity index (χ2n) is 10.9. The Labute approximate surface area is 222 Å². The number of furan rings is 1. The summed E-state index contributed by atoms with van der Waals surface area (Å²) in [7, 11) is 0. The molecule has 0 amide bonds. The summed E-state index contributed by atoms with van der Waals surface area (Å²) < 4.78 is 13.8. The molecule has 9 nitrogen and oxygen atoms in total. The van der Waals surface area contributed by atoms with E-state index in [1.165, 1.54) is 12.0 Å². The maximum absolute atomic E-state index is 13.8. The fourth-order valence-corrected chi connectivity index (χ4v) is 6.08. The molecule has 3 aromatic heterocycles. The molecular formula is C29H36N6O3. The van der Waals surface area contributed by atoms with E-state index in [0.717, 1.165) is 67.4 Å². The normalized spacial score (nSPS) is 19.5. The van der Waals surface area contributed by atoms with Gasteiger partial charge in [0.15, 0.2) is 5.82 Å². The number of aromatic nitrogens is 5. The third-order valence-electron chi connectivity index (χ3n) is 8.23. The van der Waals surface area contributed by atoms with Crippen LogP contribution in [0.15, 0.2) is 45.8 Å². The fourth-order valence-electron chi connectivity index (χ4n) is 6.08. The molecule has 4 aromatic rings. The monoisotopic (exact) mass is 516 g/mol. The molecule has 0 spiro atoms. The average molecular weight is 517 g/mol. The molecule has 200 valence electrons. The number of hydrogen-bond acceptors (Lipinski definition) is 7. The first-order valence-corrected chi connectivity index (χ1v) is 13.9. The van der Waals surface area contributed by atoms with Crippen LogP contribution in [0.1, 0.15) is 85.3 Å². The van der Waals surface area contributed by atoms with Gasteiger partial charge in [0.05, 0.1) is 25.0 Å².